The van der Waals surface area contributed by atoms with Crippen LogP contribution in [-0.4, -0.2) is 56.7 Å². The molecule has 0 fully saturated rings. The number of nitrogens with two attached hydrogens (primary N) is 1. The molecule has 21 heavy (non-hydrogen) atoms. The molecule has 1 aromatic rings. The summed E-state index contributed by atoms with van der Waals surface area (Å²) in [7, 11) is 4.23. The van der Waals surface area contributed by atoms with E-state index in [1.165, 1.54) is 0 Å². The van der Waals surface area contributed by atoms with Crippen LogP contribution in [0, 0.1) is 5.92 Å². The SMILES string of the molecule is CC(C)CN(CCOc1ccccc1CN)CCN(C)C. The van der Waals surface area contributed by atoms with E-state index in [4.69, 9.17) is 10.5 Å². The largest absolute Gasteiger partial charge is 0.492 e. The van der Waals surface area contributed by atoms with Gasteiger partial charge < -0.3 is 15.4 Å². The van der Waals surface area contributed by atoms with E-state index in [-0.39, 0.29) is 0 Å². The number of nitrogens with zero attached hydrogens (tertiary/aromatic N) is 2. The maximum atomic E-state index is 5.91. The number of rotatable bonds is 10. The molecule has 1 aromatic carbocycles. The standard InChI is InChI=1S/C17H31N3O/c1-15(2)14-20(10-9-19(3)4)11-12-21-17-8-6-5-7-16(17)13-18/h5-8,15H,9-14,18H2,1-4H3. The quantitative estimate of drug-likeness (QED) is 0.717. The number of hydrogen-bond donors (Lipinski definition) is 1. The highest BCUT2D eigenvalue weighted by atomic mass is 16.5. The van der Waals surface area contributed by atoms with Gasteiger partial charge in [0, 0.05) is 38.3 Å². The summed E-state index contributed by atoms with van der Waals surface area (Å²) in [6.07, 6.45) is 0. The molecule has 1 rings (SSSR count). The van der Waals surface area contributed by atoms with Gasteiger partial charge >= 0.3 is 0 Å². The molecule has 0 saturated heterocycles. The molecule has 0 aliphatic rings. The molecule has 0 bridgehead atoms. The third-order valence-corrected chi connectivity index (χ3v) is 3.34. The Morgan fingerprint density at radius 3 is 2.43 bits per heavy atom. The van der Waals surface area contributed by atoms with Crippen molar-refractivity contribution in [2.24, 2.45) is 11.7 Å². The Labute approximate surface area is 129 Å². The lowest BCUT2D eigenvalue weighted by molar-refractivity contribution is 0.179. The Bertz CT molecular complexity index is 393. The van der Waals surface area contributed by atoms with E-state index in [1.807, 2.05) is 24.3 Å². The number of para-hydroxylation sites is 1. The maximum absolute atomic E-state index is 5.91. The van der Waals surface area contributed by atoms with Crippen LogP contribution in [-0.2, 0) is 6.54 Å². The Kier molecular flexibility index (Phi) is 8.35. The molecule has 0 spiro atoms. The molecule has 0 aliphatic heterocycles. The van der Waals surface area contributed by atoms with E-state index < -0.39 is 0 Å². The number of hydrogen-bond acceptors (Lipinski definition) is 4. The number of ether oxygens (including phenoxy) is 1. The first-order valence-corrected chi connectivity index (χ1v) is 7.80. The van der Waals surface area contributed by atoms with Crippen molar-refractivity contribution < 1.29 is 4.74 Å². The molecule has 0 saturated carbocycles. The summed E-state index contributed by atoms with van der Waals surface area (Å²) < 4.78 is 5.91. The van der Waals surface area contributed by atoms with Crippen molar-refractivity contribution in [3.05, 3.63) is 29.8 Å². The van der Waals surface area contributed by atoms with Crippen molar-refractivity contribution in [3.63, 3.8) is 0 Å². The number of benzene rings is 1. The fourth-order valence-electron chi connectivity index (χ4n) is 2.25. The summed E-state index contributed by atoms with van der Waals surface area (Å²) in [5.41, 5.74) is 6.80. The normalized spacial score (nSPS) is 11.6. The van der Waals surface area contributed by atoms with E-state index in [0.29, 0.717) is 19.1 Å². The van der Waals surface area contributed by atoms with Crippen molar-refractivity contribution in [1.82, 2.24) is 9.80 Å². The molecule has 120 valence electrons. The van der Waals surface area contributed by atoms with E-state index in [0.717, 1.165) is 37.5 Å². The fourth-order valence-corrected chi connectivity index (χ4v) is 2.25. The topological polar surface area (TPSA) is 41.7 Å². The molecule has 0 atom stereocenters. The third-order valence-electron chi connectivity index (χ3n) is 3.34. The predicted octanol–water partition coefficient (Wildman–Crippen LogP) is 2.04. The number of likely N-dealkylation sites (N-methyl/N-ethyl adjacent to an activating group) is 1. The second-order valence-electron chi connectivity index (χ2n) is 6.16. The van der Waals surface area contributed by atoms with Gasteiger partial charge in [-0.05, 0) is 26.1 Å². The van der Waals surface area contributed by atoms with E-state index in [9.17, 15) is 0 Å². The lowest BCUT2D eigenvalue weighted by Crippen LogP contribution is -2.37. The van der Waals surface area contributed by atoms with Crippen molar-refractivity contribution >= 4 is 0 Å². The lowest BCUT2D eigenvalue weighted by Gasteiger charge is -2.26. The average Bonchev–Trinajstić information content (AvgIpc) is 2.44. The zero-order valence-corrected chi connectivity index (χ0v) is 14.0. The first kappa shape index (κ1) is 18.0. The van der Waals surface area contributed by atoms with Gasteiger partial charge in [0.25, 0.3) is 0 Å². The second kappa shape index (κ2) is 9.77. The average molecular weight is 293 g/mol. The summed E-state index contributed by atoms with van der Waals surface area (Å²) in [4.78, 5) is 4.69. The second-order valence-corrected chi connectivity index (χ2v) is 6.16. The summed E-state index contributed by atoms with van der Waals surface area (Å²) >= 11 is 0. The highest BCUT2D eigenvalue weighted by molar-refractivity contribution is 5.32. The maximum Gasteiger partial charge on any atom is 0.123 e. The molecule has 4 heteroatoms. The molecule has 0 radical (unpaired) electrons. The molecule has 0 heterocycles. The highest BCUT2D eigenvalue weighted by Gasteiger charge is 2.09. The van der Waals surface area contributed by atoms with Crippen molar-refractivity contribution in [1.29, 1.82) is 0 Å². The van der Waals surface area contributed by atoms with Gasteiger partial charge in [-0.2, -0.15) is 0 Å². The minimum absolute atomic E-state index is 0.520. The van der Waals surface area contributed by atoms with Gasteiger partial charge in [-0.1, -0.05) is 32.0 Å². The molecule has 0 amide bonds. The van der Waals surface area contributed by atoms with Gasteiger partial charge in [0.2, 0.25) is 0 Å². The van der Waals surface area contributed by atoms with E-state index in [2.05, 4.69) is 37.7 Å². The fraction of sp³-hybridized carbons (Fsp3) is 0.647. The van der Waals surface area contributed by atoms with Crippen molar-refractivity contribution in [2.75, 3.05) is 46.9 Å². The Balaban J connectivity index is 2.44. The molecule has 0 aromatic heterocycles. The Morgan fingerprint density at radius 1 is 1.10 bits per heavy atom. The van der Waals surface area contributed by atoms with Gasteiger partial charge in [-0.25, -0.2) is 0 Å². The Hall–Kier alpha value is -1.10. The van der Waals surface area contributed by atoms with Gasteiger partial charge in [0.15, 0.2) is 0 Å². The van der Waals surface area contributed by atoms with Gasteiger partial charge in [-0.3, -0.25) is 4.90 Å². The molecule has 0 unspecified atom stereocenters. The smallest absolute Gasteiger partial charge is 0.123 e. The van der Waals surface area contributed by atoms with Crippen molar-refractivity contribution in [2.45, 2.75) is 20.4 Å². The highest BCUT2D eigenvalue weighted by Crippen LogP contribution is 2.16. The van der Waals surface area contributed by atoms with Gasteiger partial charge in [-0.15, -0.1) is 0 Å². The van der Waals surface area contributed by atoms with Gasteiger partial charge in [0.1, 0.15) is 12.4 Å². The molecular weight excluding hydrogens is 262 g/mol. The minimum Gasteiger partial charge on any atom is -0.492 e. The summed E-state index contributed by atoms with van der Waals surface area (Å²) in [6, 6.07) is 8.01. The predicted molar refractivity (Wildman–Crippen MR) is 89.7 cm³/mol. The molecular formula is C17H31N3O. The first-order valence-electron chi connectivity index (χ1n) is 7.80. The van der Waals surface area contributed by atoms with Crippen LogP contribution in [0.3, 0.4) is 0 Å². The monoisotopic (exact) mass is 293 g/mol. The van der Waals surface area contributed by atoms with Crippen LogP contribution < -0.4 is 10.5 Å². The van der Waals surface area contributed by atoms with Gasteiger partial charge in [0.05, 0.1) is 0 Å². The summed E-state index contributed by atoms with van der Waals surface area (Å²) in [6.45, 7) is 9.95. The van der Waals surface area contributed by atoms with E-state index in [1.54, 1.807) is 0 Å². The summed E-state index contributed by atoms with van der Waals surface area (Å²) in [5.74, 6) is 1.58. The minimum atomic E-state index is 0.520. The molecule has 0 aliphatic carbocycles. The van der Waals surface area contributed by atoms with Crippen molar-refractivity contribution in [3.8, 4) is 5.75 Å². The van der Waals surface area contributed by atoms with Crippen LogP contribution in [0.4, 0.5) is 0 Å². The van der Waals surface area contributed by atoms with E-state index >= 15 is 0 Å². The first-order chi connectivity index (χ1) is 10.0. The van der Waals surface area contributed by atoms with Crippen LogP contribution in [0.5, 0.6) is 5.75 Å². The Morgan fingerprint density at radius 2 is 1.81 bits per heavy atom. The molecule has 4 nitrogen and oxygen atoms in total. The zero-order chi connectivity index (χ0) is 15.7. The third kappa shape index (κ3) is 7.46. The van der Waals surface area contributed by atoms with Crippen LogP contribution in [0.1, 0.15) is 19.4 Å². The van der Waals surface area contributed by atoms with Crippen LogP contribution in [0.25, 0.3) is 0 Å². The summed E-state index contributed by atoms with van der Waals surface area (Å²) in [5, 5.41) is 0. The van der Waals surface area contributed by atoms with Crippen LogP contribution in [0.2, 0.25) is 0 Å². The lowest BCUT2D eigenvalue weighted by atomic mass is 10.2. The van der Waals surface area contributed by atoms with Crippen LogP contribution >= 0.6 is 0 Å². The zero-order valence-electron chi connectivity index (χ0n) is 14.0. The molecule has 2 N–H and O–H groups in total. The van der Waals surface area contributed by atoms with Crippen LogP contribution in [0.15, 0.2) is 24.3 Å².